The molecule has 6 heteroatoms. The predicted molar refractivity (Wildman–Crippen MR) is 128 cm³/mol. The number of amides is 1. The molecular weight excluding hydrogens is 414 g/mol. The molecule has 2 N–H and O–H groups in total. The largest absolute Gasteiger partial charge is 0.465 e. The standard InChI is InChI=1S/C27H19N3O3/c31-25(15-13-22-7-4-16-33-22)28-21-11-8-19(9-12-21)27-29-23-14-10-20(17-24(23)30-27)26(32)18-5-2-1-3-6-18/h1-17H,(H,28,31)(H,29,30). The van der Waals surface area contributed by atoms with Gasteiger partial charge in [0.2, 0.25) is 5.91 Å². The summed E-state index contributed by atoms with van der Waals surface area (Å²) in [7, 11) is 0. The lowest BCUT2D eigenvalue weighted by Crippen LogP contribution is -2.07. The van der Waals surface area contributed by atoms with Crippen LogP contribution in [0.1, 0.15) is 21.7 Å². The van der Waals surface area contributed by atoms with Crippen LogP contribution in [0, 0.1) is 0 Å². The Hall–Kier alpha value is -4.71. The van der Waals surface area contributed by atoms with Crippen molar-refractivity contribution in [3.8, 4) is 11.4 Å². The minimum absolute atomic E-state index is 0.0326. The van der Waals surface area contributed by atoms with Crippen molar-refractivity contribution >= 4 is 34.5 Å². The summed E-state index contributed by atoms with van der Waals surface area (Å²) < 4.78 is 5.17. The summed E-state index contributed by atoms with van der Waals surface area (Å²) in [4.78, 5) is 32.7. The smallest absolute Gasteiger partial charge is 0.248 e. The summed E-state index contributed by atoms with van der Waals surface area (Å²) in [6.45, 7) is 0. The maximum Gasteiger partial charge on any atom is 0.248 e. The monoisotopic (exact) mass is 433 g/mol. The molecule has 0 unspecified atom stereocenters. The molecule has 0 aliphatic rings. The number of aromatic amines is 1. The van der Waals surface area contributed by atoms with E-state index < -0.39 is 0 Å². The first kappa shape index (κ1) is 20.2. The van der Waals surface area contributed by atoms with Crippen LogP contribution in [0.4, 0.5) is 5.69 Å². The fourth-order valence-electron chi connectivity index (χ4n) is 3.48. The Morgan fingerprint density at radius 3 is 2.45 bits per heavy atom. The molecule has 0 saturated carbocycles. The van der Waals surface area contributed by atoms with Gasteiger partial charge in [-0.25, -0.2) is 4.98 Å². The number of fused-ring (bicyclic) bond motifs is 1. The number of hydrogen-bond acceptors (Lipinski definition) is 4. The highest BCUT2D eigenvalue weighted by molar-refractivity contribution is 6.10. The van der Waals surface area contributed by atoms with E-state index >= 15 is 0 Å². The van der Waals surface area contributed by atoms with Crippen LogP contribution in [0.3, 0.4) is 0 Å². The fraction of sp³-hybridized carbons (Fsp3) is 0. The van der Waals surface area contributed by atoms with Gasteiger partial charge in [-0.3, -0.25) is 9.59 Å². The number of hydrogen-bond donors (Lipinski definition) is 2. The van der Waals surface area contributed by atoms with Gasteiger partial charge in [0.1, 0.15) is 11.6 Å². The van der Waals surface area contributed by atoms with E-state index in [4.69, 9.17) is 4.42 Å². The first-order valence-corrected chi connectivity index (χ1v) is 10.4. The zero-order chi connectivity index (χ0) is 22.6. The molecule has 0 atom stereocenters. The van der Waals surface area contributed by atoms with Gasteiger partial charge in [-0.1, -0.05) is 30.3 Å². The molecule has 6 nitrogen and oxygen atoms in total. The van der Waals surface area contributed by atoms with Gasteiger partial charge in [0, 0.05) is 28.5 Å². The Bertz CT molecular complexity index is 1450. The summed E-state index contributed by atoms with van der Waals surface area (Å²) in [5.41, 5.74) is 4.34. The minimum Gasteiger partial charge on any atom is -0.465 e. The Labute approximate surface area is 189 Å². The molecule has 0 bridgehead atoms. The van der Waals surface area contributed by atoms with Crippen LogP contribution >= 0.6 is 0 Å². The van der Waals surface area contributed by atoms with E-state index in [1.165, 1.54) is 6.08 Å². The van der Waals surface area contributed by atoms with Gasteiger partial charge >= 0.3 is 0 Å². The third-order valence-electron chi connectivity index (χ3n) is 5.15. The van der Waals surface area contributed by atoms with Crippen molar-refractivity contribution in [1.82, 2.24) is 9.97 Å². The molecule has 1 amide bonds. The quantitative estimate of drug-likeness (QED) is 0.265. The van der Waals surface area contributed by atoms with Crippen LogP contribution in [-0.4, -0.2) is 21.7 Å². The average molecular weight is 433 g/mol. The molecule has 2 heterocycles. The molecule has 5 rings (SSSR count). The second-order valence-electron chi connectivity index (χ2n) is 7.43. The van der Waals surface area contributed by atoms with E-state index in [9.17, 15) is 9.59 Å². The highest BCUT2D eigenvalue weighted by atomic mass is 16.3. The van der Waals surface area contributed by atoms with Gasteiger partial charge in [-0.2, -0.15) is 0 Å². The van der Waals surface area contributed by atoms with Crippen molar-refractivity contribution in [2.45, 2.75) is 0 Å². The van der Waals surface area contributed by atoms with Crippen LogP contribution in [-0.2, 0) is 4.79 Å². The van der Waals surface area contributed by atoms with Gasteiger partial charge in [0.05, 0.1) is 17.3 Å². The molecule has 160 valence electrons. The normalized spacial score (nSPS) is 11.2. The maximum absolute atomic E-state index is 12.7. The number of imidazole rings is 1. The van der Waals surface area contributed by atoms with Gasteiger partial charge in [-0.05, 0) is 60.7 Å². The van der Waals surface area contributed by atoms with Gasteiger partial charge in [0.15, 0.2) is 5.78 Å². The summed E-state index contributed by atoms with van der Waals surface area (Å²) >= 11 is 0. The number of nitrogens with zero attached hydrogens (tertiary/aromatic N) is 1. The number of benzene rings is 3. The lowest BCUT2D eigenvalue weighted by Gasteiger charge is -2.03. The number of H-pyrrole nitrogens is 1. The third kappa shape index (κ3) is 4.50. The minimum atomic E-state index is -0.251. The Kier molecular flexibility index (Phi) is 5.39. The zero-order valence-corrected chi connectivity index (χ0v) is 17.5. The molecular formula is C27H19N3O3. The molecule has 5 aromatic rings. The molecule has 33 heavy (non-hydrogen) atoms. The number of aromatic nitrogens is 2. The fourth-order valence-corrected chi connectivity index (χ4v) is 3.48. The number of carbonyl (C=O) groups is 2. The van der Waals surface area contributed by atoms with Crippen LogP contribution in [0.5, 0.6) is 0 Å². The Morgan fingerprint density at radius 2 is 1.70 bits per heavy atom. The summed E-state index contributed by atoms with van der Waals surface area (Å²) in [6, 6.07) is 25.5. The van der Waals surface area contributed by atoms with Crippen molar-refractivity contribution in [2.24, 2.45) is 0 Å². The SMILES string of the molecule is O=C(C=Cc1ccco1)Nc1ccc(-c2nc3ccc(C(=O)c4ccccc4)cc3[nH]2)cc1. The molecule has 0 spiro atoms. The molecule has 0 fully saturated rings. The summed E-state index contributed by atoms with van der Waals surface area (Å²) in [5.74, 6) is 1.01. The van der Waals surface area contributed by atoms with Gasteiger partial charge < -0.3 is 14.7 Å². The number of ketones is 1. The average Bonchev–Trinajstić information content (AvgIpc) is 3.53. The molecule has 0 saturated heterocycles. The molecule has 0 radical (unpaired) electrons. The lowest BCUT2D eigenvalue weighted by atomic mass is 10.0. The van der Waals surface area contributed by atoms with Crippen LogP contribution in [0.15, 0.2) is 102 Å². The van der Waals surface area contributed by atoms with Crippen LogP contribution in [0.25, 0.3) is 28.5 Å². The maximum atomic E-state index is 12.7. The van der Waals surface area contributed by atoms with Crippen molar-refractivity contribution in [1.29, 1.82) is 0 Å². The van der Waals surface area contributed by atoms with E-state index in [2.05, 4.69) is 15.3 Å². The van der Waals surface area contributed by atoms with Crippen molar-refractivity contribution in [3.63, 3.8) is 0 Å². The summed E-state index contributed by atoms with van der Waals surface area (Å²) in [5, 5.41) is 2.81. The number of nitrogens with one attached hydrogen (secondary N) is 2. The van der Waals surface area contributed by atoms with Crippen LogP contribution < -0.4 is 5.32 Å². The highest BCUT2D eigenvalue weighted by Gasteiger charge is 2.12. The number of anilines is 1. The van der Waals surface area contributed by atoms with Crippen molar-refractivity contribution in [2.75, 3.05) is 5.32 Å². The molecule has 0 aliphatic carbocycles. The van der Waals surface area contributed by atoms with Crippen molar-refractivity contribution in [3.05, 3.63) is 114 Å². The first-order valence-electron chi connectivity index (χ1n) is 10.4. The molecule has 3 aromatic carbocycles. The highest BCUT2D eigenvalue weighted by Crippen LogP contribution is 2.24. The molecule has 0 aliphatic heterocycles. The van der Waals surface area contributed by atoms with E-state index in [0.29, 0.717) is 28.4 Å². The van der Waals surface area contributed by atoms with Crippen LogP contribution in [0.2, 0.25) is 0 Å². The summed E-state index contributed by atoms with van der Waals surface area (Å²) in [6.07, 6.45) is 4.57. The van der Waals surface area contributed by atoms with Gasteiger partial charge in [0.25, 0.3) is 0 Å². The second kappa shape index (κ2) is 8.80. The lowest BCUT2D eigenvalue weighted by molar-refractivity contribution is -0.111. The van der Waals surface area contributed by atoms with E-state index in [0.717, 1.165) is 16.6 Å². The Balaban J connectivity index is 1.31. The Morgan fingerprint density at radius 1 is 0.879 bits per heavy atom. The first-order chi connectivity index (χ1) is 16.2. The zero-order valence-electron chi connectivity index (χ0n) is 17.5. The molecule has 2 aromatic heterocycles. The second-order valence-corrected chi connectivity index (χ2v) is 7.43. The van der Waals surface area contributed by atoms with Gasteiger partial charge in [-0.15, -0.1) is 0 Å². The third-order valence-corrected chi connectivity index (χ3v) is 5.15. The van der Waals surface area contributed by atoms with E-state index in [-0.39, 0.29) is 11.7 Å². The predicted octanol–water partition coefficient (Wildman–Crippen LogP) is 5.71. The topological polar surface area (TPSA) is 88.0 Å². The van der Waals surface area contributed by atoms with E-state index in [1.807, 2.05) is 54.6 Å². The van der Waals surface area contributed by atoms with Crippen molar-refractivity contribution < 1.29 is 14.0 Å². The number of carbonyl (C=O) groups excluding carboxylic acids is 2. The number of furan rings is 1. The van der Waals surface area contributed by atoms with E-state index in [1.54, 1.807) is 42.7 Å². The number of rotatable bonds is 6.